The first kappa shape index (κ1) is 11.1. The molecule has 0 aromatic heterocycles. The van der Waals surface area contributed by atoms with E-state index in [1.165, 1.54) is 25.7 Å². The highest BCUT2D eigenvalue weighted by atomic mass is 35.5. The van der Waals surface area contributed by atoms with Crippen LogP contribution < -0.4 is 12.4 Å². The van der Waals surface area contributed by atoms with Crippen LogP contribution in [0.5, 0.6) is 0 Å². The molecule has 2 rings (SSSR count). The van der Waals surface area contributed by atoms with Gasteiger partial charge in [-0.15, -0.1) is 0 Å². The molecule has 1 heterocycles. The summed E-state index contributed by atoms with van der Waals surface area (Å²) >= 11 is 6.16. The first-order valence-corrected chi connectivity index (χ1v) is 5.07. The molecule has 1 aliphatic heterocycles. The molecule has 0 N–H and O–H groups in total. The lowest BCUT2D eigenvalue weighted by molar-refractivity contribution is -0.532. The molecule has 0 aromatic carbocycles. The van der Waals surface area contributed by atoms with Crippen molar-refractivity contribution in [3.8, 4) is 0 Å². The Morgan fingerprint density at radius 1 is 1.38 bits per heavy atom. The second kappa shape index (κ2) is 4.05. The molecule has 0 unspecified atom stereocenters. The Kier molecular flexibility index (Phi) is 3.47. The maximum atomic E-state index is 6.16. The van der Waals surface area contributed by atoms with Crippen molar-refractivity contribution in [3.63, 3.8) is 0 Å². The average molecular weight is 223 g/mol. The van der Waals surface area contributed by atoms with E-state index in [9.17, 15) is 0 Å². The molecule has 0 radical (unpaired) electrons. The first-order valence-electron chi connectivity index (χ1n) is 4.70. The van der Waals surface area contributed by atoms with Gasteiger partial charge in [0, 0.05) is 11.6 Å². The molecule has 13 heavy (non-hydrogen) atoms. The molecule has 2 aliphatic rings. The Balaban J connectivity index is 0.000000845. The Labute approximate surface area is 91.0 Å². The van der Waals surface area contributed by atoms with E-state index < -0.39 is 0 Å². The van der Waals surface area contributed by atoms with Gasteiger partial charge < -0.3 is 12.4 Å². The van der Waals surface area contributed by atoms with E-state index in [0.717, 1.165) is 5.29 Å². The van der Waals surface area contributed by atoms with E-state index in [4.69, 9.17) is 11.6 Å². The summed E-state index contributed by atoms with van der Waals surface area (Å²) < 4.78 is 2.23. The molecular formula is C9H16Cl2N2. The summed E-state index contributed by atoms with van der Waals surface area (Å²) in [4.78, 5) is 2.23. The SMILES string of the molecule is CN1C(Cl)=[N+](C)[C@@H]2CCCC[C@@H]21.[Cl-]. The van der Waals surface area contributed by atoms with Gasteiger partial charge in [-0.1, -0.05) is 0 Å². The normalized spacial score (nSPS) is 33.0. The maximum Gasteiger partial charge on any atom is 0.345 e. The molecule has 4 heteroatoms. The van der Waals surface area contributed by atoms with Gasteiger partial charge in [0.25, 0.3) is 0 Å². The van der Waals surface area contributed by atoms with Crippen molar-refractivity contribution in [1.82, 2.24) is 4.90 Å². The molecule has 1 fully saturated rings. The second-order valence-electron chi connectivity index (χ2n) is 3.91. The topological polar surface area (TPSA) is 6.25 Å². The van der Waals surface area contributed by atoms with E-state index in [-0.39, 0.29) is 12.4 Å². The third-order valence-corrected chi connectivity index (χ3v) is 3.80. The van der Waals surface area contributed by atoms with Crippen LogP contribution in [-0.4, -0.2) is 40.9 Å². The number of fused-ring (bicyclic) bond motifs is 1. The van der Waals surface area contributed by atoms with E-state index in [1.54, 1.807) is 0 Å². The molecule has 0 bridgehead atoms. The lowest BCUT2D eigenvalue weighted by atomic mass is 9.90. The van der Waals surface area contributed by atoms with Crippen molar-refractivity contribution in [2.45, 2.75) is 37.8 Å². The second-order valence-corrected chi connectivity index (χ2v) is 4.25. The van der Waals surface area contributed by atoms with Crippen LogP contribution in [0.25, 0.3) is 0 Å². The lowest BCUT2D eigenvalue weighted by Crippen LogP contribution is -3.00. The smallest absolute Gasteiger partial charge is 0.345 e. The maximum absolute atomic E-state index is 6.16. The van der Waals surface area contributed by atoms with Gasteiger partial charge in [0.1, 0.15) is 12.1 Å². The van der Waals surface area contributed by atoms with Crippen LogP contribution in [-0.2, 0) is 0 Å². The minimum absolute atomic E-state index is 0. The minimum atomic E-state index is 0. The fraction of sp³-hybridized carbons (Fsp3) is 0.889. The molecule has 2 nitrogen and oxygen atoms in total. The van der Waals surface area contributed by atoms with E-state index >= 15 is 0 Å². The number of hydrogen-bond acceptors (Lipinski definition) is 1. The van der Waals surface area contributed by atoms with Gasteiger partial charge in [0.05, 0.1) is 14.1 Å². The van der Waals surface area contributed by atoms with Gasteiger partial charge in [-0.25, -0.2) is 9.48 Å². The highest BCUT2D eigenvalue weighted by Gasteiger charge is 2.44. The van der Waals surface area contributed by atoms with Gasteiger partial charge in [-0.3, -0.25) is 0 Å². The molecule has 1 saturated carbocycles. The van der Waals surface area contributed by atoms with Crippen LogP contribution in [0.2, 0.25) is 0 Å². The summed E-state index contributed by atoms with van der Waals surface area (Å²) in [5.74, 6) is 0. The molecule has 2 atom stereocenters. The zero-order chi connectivity index (χ0) is 8.72. The minimum Gasteiger partial charge on any atom is -1.00 e. The highest BCUT2D eigenvalue weighted by Crippen LogP contribution is 2.29. The quantitative estimate of drug-likeness (QED) is 0.357. The van der Waals surface area contributed by atoms with Crippen LogP contribution >= 0.6 is 11.6 Å². The number of amidine groups is 1. The van der Waals surface area contributed by atoms with Crippen molar-refractivity contribution >= 4 is 16.9 Å². The number of halogens is 2. The van der Waals surface area contributed by atoms with Crippen molar-refractivity contribution in [2.75, 3.05) is 14.1 Å². The third-order valence-electron chi connectivity index (χ3n) is 3.27. The summed E-state index contributed by atoms with van der Waals surface area (Å²) in [5.41, 5.74) is 0. The average Bonchev–Trinajstić information content (AvgIpc) is 2.33. The van der Waals surface area contributed by atoms with E-state index in [1.807, 2.05) is 0 Å². The standard InChI is InChI=1S/C9H16ClN2.ClH/c1-11-7-5-3-4-6-8(7)12(2)9(11)10;/h7-8H,3-6H2,1-2H3;1H/q+1;/p-1/t7-,8+;. The van der Waals surface area contributed by atoms with Crippen LogP contribution in [0.15, 0.2) is 0 Å². The van der Waals surface area contributed by atoms with Crippen LogP contribution in [0.1, 0.15) is 25.7 Å². The van der Waals surface area contributed by atoms with Crippen molar-refractivity contribution < 1.29 is 17.0 Å². The van der Waals surface area contributed by atoms with Gasteiger partial charge in [-0.05, 0) is 25.7 Å². The molecular weight excluding hydrogens is 207 g/mol. The largest absolute Gasteiger partial charge is 1.00 e. The molecule has 0 aromatic rings. The predicted molar refractivity (Wildman–Crippen MR) is 50.9 cm³/mol. The molecule has 0 amide bonds. The molecule has 0 spiro atoms. The predicted octanol–water partition coefficient (Wildman–Crippen LogP) is -1.52. The summed E-state index contributed by atoms with van der Waals surface area (Å²) in [5, 5.41) is 0.923. The van der Waals surface area contributed by atoms with Gasteiger partial charge in [-0.2, -0.15) is 0 Å². The summed E-state index contributed by atoms with van der Waals surface area (Å²) in [6.45, 7) is 0. The number of nitrogens with zero attached hydrogens (tertiary/aromatic N) is 2. The molecule has 0 saturated heterocycles. The third kappa shape index (κ3) is 1.66. The van der Waals surface area contributed by atoms with Crippen molar-refractivity contribution in [1.29, 1.82) is 0 Å². The fourth-order valence-corrected chi connectivity index (χ4v) is 2.77. The zero-order valence-corrected chi connectivity index (χ0v) is 9.65. The lowest BCUT2D eigenvalue weighted by Gasteiger charge is -2.24. The van der Waals surface area contributed by atoms with Gasteiger partial charge in [0.2, 0.25) is 0 Å². The Hall–Kier alpha value is 0.0500. The molecule has 76 valence electrons. The van der Waals surface area contributed by atoms with Gasteiger partial charge >= 0.3 is 5.29 Å². The van der Waals surface area contributed by atoms with Crippen LogP contribution in [0.4, 0.5) is 0 Å². The van der Waals surface area contributed by atoms with Crippen LogP contribution in [0.3, 0.4) is 0 Å². The Morgan fingerprint density at radius 2 is 2.00 bits per heavy atom. The van der Waals surface area contributed by atoms with E-state index in [2.05, 4.69) is 23.6 Å². The highest BCUT2D eigenvalue weighted by molar-refractivity contribution is 6.63. The van der Waals surface area contributed by atoms with Crippen molar-refractivity contribution in [2.24, 2.45) is 0 Å². The number of hydrogen-bond donors (Lipinski definition) is 0. The van der Waals surface area contributed by atoms with Gasteiger partial charge in [0.15, 0.2) is 0 Å². The van der Waals surface area contributed by atoms with Crippen molar-refractivity contribution in [3.05, 3.63) is 0 Å². The summed E-state index contributed by atoms with van der Waals surface area (Å²) in [6.07, 6.45) is 5.34. The summed E-state index contributed by atoms with van der Waals surface area (Å²) in [6, 6.07) is 1.35. The zero-order valence-electron chi connectivity index (χ0n) is 8.13. The number of rotatable bonds is 0. The fourth-order valence-electron chi connectivity index (χ4n) is 2.52. The Bertz CT molecular complexity index is 228. The monoisotopic (exact) mass is 222 g/mol. The first-order chi connectivity index (χ1) is 5.72. The van der Waals surface area contributed by atoms with Crippen LogP contribution in [0, 0.1) is 0 Å². The summed E-state index contributed by atoms with van der Waals surface area (Å²) in [7, 11) is 4.21. The van der Waals surface area contributed by atoms with E-state index in [0.29, 0.717) is 12.1 Å². The molecule has 1 aliphatic carbocycles. The number of likely N-dealkylation sites (N-methyl/N-ethyl adjacent to an activating group) is 2. The Morgan fingerprint density at radius 3 is 2.62 bits per heavy atom.